The Labute approximate surface area is 133 Å². The van der Waals surface area contributed by atoms with Gasteiger partial charge in [-0.1, -0.05) is 44.7 Å². The number of anilines is 1. The van der Waals surface area contributed by atoms with Crippen molar-refractivity contribution in [2.24, 2.45) is 11.8 Å². The van der Waals surface area contributed by atoms with Crippen LogP contribution in [0.15, 0.2) is 12.3 Å². The highest BCUT2D eigenvalue weighted by atomic mass is 35.5. The molecule has 1 saturated carbocycles. The molecular formula is C17H28ClN3. The molecule has 1 aliphatic rings. The van der Waals surface area contributed by atoms with Gasteiger partial charge in [-0.05, 0) is 43.7 Å². The number of nitrogens with two attached hydrogens (primary N) is 1. The standard InChI is InChI=1S/C17H28ClN3/c1-3-8-20-16(13-7-5-6-12(4-2)9-13)15-10-14(18)11-21-17(15)19/h10-13,16,20H,3-9H2,1-2H3,(H2,19,21). The van der Waals surface area contributed by atoms with Gasteiger partial charge in [0.2, 0.25) is 0 Å². The van der Waals surface area contributed by atoms with E-state index in [1.54, 1.807) is 6.20 Å². The van der Waals surface area contributed by atoms with Crippen LogP contribution >= 0.6 is 11.6 Å². The molecule has 1 aromatic rings. The number of hydrogen-bond acceptors (Lipinski definition) is 3. The van der Waals surface area contributed by atoms with Gasteiger partial charge in [0.1, 0.15) is 5.82 Å². The zero-order valence-corrected chi connectivity index (χ0v) is 14.0. The second-order valence-electron chi connectivity index (χ2n) is 6.26. The predicted octanol–water partition coefficient (Wildman–Crippen LogP) is 4.57. The average molecular weight is 310 g/mol. The number of nitrogens with one attached hydrogen (secondary N) is 1. The van der Waals surface area contributed by atoms with Crippen molar-refractivity contribution in [2.45, 2.75) is 58.4 Å². The molecule has 3 atom stereocenters. The zero-order valence-electron chi connectivity index (χ0n) is 13.2. The quantitative estimate of drug-likeness (QED) is 0.809. The summed E-state index contributed by atoms with van der Waals surface area (Å²) in [6, 6.07) is 2.28. The number of halogens is 1. The van der Waals surface area contributed by atoms with Crippen molar-refractivity contribution < 1.29 is 0 Å². The molecule has 1 fully saturated rings. The van der Waals surface area contributed by atoms with Crippen LogP contribution in [-0.4, -0.2) is 11.5 Å². The summed E-state index contributed by atoms with van der Waals surface area (Å²) in [4.78, 5) is 4.25. The monoisotopic (exact) mass is 309 g/mol. The van der Waals surface area contributed by atoms with E-state index in [2.05, 4.69) is 24.1 Å². The first-order valence-electron chi connectivity index (χ1n) is 8.30. The second-order valence-corrected chi connectivity index (χ2v) is 6.70. The van der Waals surface area contributed by atoms with Crippen LogP contribution in [0.2, 0.25) is 5.02 Å². The van der Waals surface area contributed by atoms with Crippen molar-refractivity contribution in [3.8, 4) is 0 Å². The van der Waals surface area contributed by atoms with E-state index < -0.39 is 0 Å². The van der Waals surface area contributed by atoms with Gasteiger partial charge >= 0.3 is 0 Å². The van der Waals surface area contributed by atoms with Crippen LogP contribution in [0.25, 0.3) is 0 Å². The molecule has 21 heavy (non-hydrogen) atoms. The van der Waals surface area contributed by atoms with Crippen molar-refractivity contribution in [3.63, 3.8) is 0 Å². The molecule has 0 saturated heterocycles. The van der Waals surface area contributed by atoms with E-state index in [9.17, 15) is 0 Å². The third kappa shape index (κ3) is 4.33. The van der Waals surface area contributed by atoms with Crippen molar-refractivity contribution in [1.29, 1.82) is 0 Å². The molecule has 3 unspecified atom stereocenters. The Kier molecular flexibility index (Phi) is 6.31. The second kappa shape index (κ2) is 8.00. The van der Waals surface area contributed by atoms with E-state index in [-0.39, 0.29) is 6.04 Å². The van der Waals surface area contributed by atoms with Crippen molar-refractivity contribution in [1.82, 2.24) is 10.3 Å². The van der Waals surface area contributed by atoms with E-state index in [0.29, 0.717) is 16.8 Å². The molecule has 3 N–H and O–H groups in total. The van der Waals surface area contributed by atoms with Gasteiger partial charge in [-0.15, -0.1) is 0 Å². The molecule has 0 aromatic carbocycles. The molecule has 1 heterocycles. The van der Waals surface area contributed by atoms with Gasteiger partial charge in [0.05, 0.1) is 5.02 Å². The van der Waals surface area contributed by atoms with E-state index in [1.807, 2.05) is 6.07 Å². The van der Waals surface area contributed by atoms with E-state index in [0.717, 1.165) is 24.4 Å². The fourth-order valence-corrected chi connectivity index (χ4v) is 3.72. The Bertz CT molecular complexity index is 450. The van der Waals surface area contributed by atoms with Crippen LogP contribution in [0, 0.1) is 11.8 Å². The number of nitrogens with zero attached hydrogens (tertiary/aromatic N) is 1. The minimum atomic E-state index is 0.283. The third-order valence-corrected chi connectivity index (χ3v) is 4.94. The normalized spacial score (nSPS) is 24.0. The van der Waals surface area contributed by atoms with Crippen molar-refractivity contribution in [2.75, 3.05) is 12.3 Å². The largest absolute Gasteiger partial charge is 0.383 e. The molecular weight excluding hydrogens is 282 g/mol. The summed E-state index contributed by atoms with van der Waals surface area (Å²) in [5.41, 5.74) is 7.21. The van der Waals surface area contributed by atoms with E-state index in [4.69, 9.17) is 17.3 Å². The molecule has 0 amide bonds. The SMILES string of the molecule is CCCNC(c1cc(Cl)cnc1N)C1CCCC(CC)C1. The summed E-state index contributed by atoms with van der Waals surface area (Å²) in [5.74, 6) is 2.10. The predicted molar refractivity (Wildman–Crippen MR) is 90.4 cm³/mol. The Morgan fingerprint density at radius 1 is 1.43 bits per heavy atom. The average Bonchev–Trinajstić information content (AvgIpc) is 2.51. The maximum absolute atomic E-state index is 6.14. The first-order chi connectivity index (χ1) is 10.2. The molecule has 0 spiro atoms. The van der Waals surface area contributed by atoms with Gasteiger partial charge in [0.15, 0.2) is 0 Å². The first-order valence-corrected chi connectivity index (χ1v) is 8.67. The van der Waals surface area contributed by atoms with Crippen LogP contribution in [0.4, 0.5) is 5.82 Å². The molecule has 2 rings (SSSR count). The lowest BCUT2D eigenvalue weighted by atomic mass is 9.75. The van der Waals surface area contributed by atoms with Crippen molar-refractivity contribution in [3.05, 3.63) is 22.8 Å². The third-order valence-electron chi connectivity index (χ3n) is 4.74. The maximum atomic E-state index is 6.14. The van der Waals surface area contributed by atoms with Crippen LogP contribution in [-0.2, 0) is 0 Å². The lowest BCUT2D eigenvalue weighted by Gasteiger charge is -2.35. The van der Waals surface area contributed by atoms with Crippen molar-refractivity contribution >= 4 is 17.4 Å². The fraction of sp³-hybridized carbons (Fsp3) is 0.706. The number of nitrogen functional groups attached to an aromatic ring is 1. The zero-order chi connectivity index (χ0) is 15.2. The highest BCUT2D eigenvalue weighted by Crippen LogP contribution is 2.40. The highest BCUT2D eigenvalue weighted by Gasteiger charge is 2.30. The van der Waals surface area contributed by atoms with Gasteiger partial charge in [-0.2, -0.15) is 0 Å². The van der Waals surface area contributed by atoms with Crippen LogP contribution < -0.4 is 11.1 Å². The van der Waals surface area contributed by atoms with Gasteiger partial charge in [-0.25, -0.2) is 4.98 Å². The highest BCUT2D eigenvalue weighted by molar-refractivity contribution is 6.30. The van der Waals surface area contributed by atoms with Gasteiger partial charge in [0, 0.05) is 17.8 Å². The van der Waals surface area contributed by atoms with Gasteiger partial charge < -0.3 is 11.1 Å². The molecule has 1 aromatic heterocycles. The molecule has 4 heteroatoms. The molecule has 118 valence electrons. The smallest absolute Gasteiger partial charge is 0.128 e. The van der Waals surface area contributed by atoms with E-state index >= 15 is 0 Å². The molecule has 1 aliphatic carbocycles. The lowest BCUT2D eigenvalue weighted by molar-refractivity contribution is 0.209. The number of rotatable bonds is 6. The summed E-state index contributed by atoms with van der Waals surface area (Å²) in [5, 5.41) is 4.36. The Morgan fingerprint density at radius 2 is 2.24 bits per heavy atom. The molecule has 0 bridgehead atoms. The number of aromatic nitrogens is 1. The summed E-state index contributed by atoms with van der Waals surface area (Å²) in [7, 11) is 0. The molecule has 0 radical (unpaired) electrons. The Balaban J connectivity index is 2.22. The van der Waals surface area contributed by atoms with Gasteiger partial charge in [0.25, 0.3) is 0 Å². The minimum Gasteiger partial charge on any atom is -0.383 e. The molecule has 3 nitrogen and oxygen atoms in total. The van der Waals surface area contributed by atoms with Gasteiger partial charge in [-0.3, -0.25) is 0 Å². The maximum Gasteiger partial charge on any atom is 0.128 e. The lowest BCUT2D eigenvalue weighted by Crippen LogP contribution is -2.33. The fourth-order valence-electron chi connectivity index (χ4n) is 3.55. The van der Waals surface area contributed by atoms with Crippen LogP contribution in [0.5, 0.6) is 0 Å². The van der Waals surface area contributed by atoms with Crippen LogP contribution in [0.3, 0.4) is 0 Å². The first kappa shape index (κ1) is 16.6. The Morgan fingerprint density at radius 3 is 2.95 bits per heavy atom. The summed E-state index contributed by atoms with van der Waals surface area (Å²) >= 11 is 6.14. The minimum absolute atomic E-state index is 0.283. The summed E-state index contributed by atoms with van der Waals surface area (Å²) in [6.45, 7) is 5.50. The van der Waals surface area contributed by atoms with E-state index in [1.165, 1.54) is 32.1 Å². The summed E-state index contributed by atoms with van der Waals surface area (Å²) < 4.78 is 0. The number of hydrogen-bond donors (Lipinski definition) is 2. The Hall–Kier alpha value is -0.800. The van der Waals surface area contributed by atoms with Crippen LogP contribution in [0.1, 0.15) is 64.0 Å². The molecule has 0 aliphatic heterocycles. The summed E-state index contributed by atoms with van der Waals surface area (Å²) in [6.07, 6.45) is 9.27. The topological polar surface area (TPSA) is 50.9 Å². The number of pyridine rings is 1.